The van der Waals surface area contributed by atoms with Gasteiger partial charge in [-0.3, -0.25) is 4.79 Å². The number of carbonyl (C=O) groups is 1. The number of carbonyl (C=O) groups excluding carboxylic acids is 1. The van der Waals surface area contributed by atoms with E-state index in [1.54, 1.807) is 0 Å². The van der Waals surface area contributed by atoms with E-state index in [0.29, 0.717) is 16.2 Å². The lowest BCUT2D eigenvalue weighted by Crippen LogP contribution is -2.54. The van der Waals surface area contributed by atoms with Crippen LogP contribution in [0.2, 0.25) is 5.02 Å². The first kappa shape index (κ1) is 12.9. The number of benzene rings is 1. The van der Waals surface area contributed by atoms with Crippen LogP contribution >= 0.6 is 11.6 Å². The Morgan fingerprint density at radius 1 is 1.10 bits per heavy atom. The van der Waals surface area contributed by atoms with Crippen LogP contribution in [-0.2, 0) is 0 Å². The standard InChI is InChI=1S/C18H21ClO/c1-17-7-12-6-13(8-17)10-18(9-12,11-17)16(20)14-2-4-15(19)5-3-14/h2-5,12-13H,6-11H2,1H3. The molecule has 1 nitrogen and oxygen atoms in total. The minimum absolute atomic E-state index is 0.0628. The van der Waals surface area contributed by atoms with Gasteiger partial charge in [0.05, 0.1) is 0 Å². The highest BCUT2D eigenvalue weighted by Crippen LogP contribution is 2.65. The molecule has 106 valence electrons. The molecule has 0 radical (unpaired) electrons. The molecular formula is C18H21ClO. The van der Waals surface area contributed by atoms with Gasteiger partial charge < -0.3 is 0 Å². The SMILES string of the molecule is CC12CC3CC(C1)CC(C(=O)c1ccc(Cl)cc1)(C3)C2. The largest absolute Gasteiger partial charge is 0.294 e. The van der Waals surface area contributed by atoms with Crippen molar-refractivity contribution in [1.29, 1.82) is 0 Å². The molecule has 20 heavy (non-hydrogen) atoms. The molecule has 4 bridgehead atoms. The molecule has 0 N–H and O–H groups in total. The number of Topliss-reactive ketones (excluding diaryl/α,β-unsaturated/α-hetero) is 1. The van der Waals surface area contributed by atoms with Gasteiger partial charge in [-0.15, -0.1) is 0 Å². The summed E-state index contributed by atoms with van der Waals surface area (Å²) in [5, 5.41) is 0.707. The second kappa shape index (κ2) is 4.10. The van der Waals surface area contributed by atoms with Gasteiger partial charge in [0, 0.05) is 16.0 Å². The number of halogens is 1. The van der Waals surface area contributed by atoms with Crippen molar-refractivity contribution in [2.24, 2.45) is 22.7 Å². The van der Waals surface area contributed by atoms with Crippen molar-refractivity contribution in [2.45, 2.75) is 45.4 Å². The van der Waals surface area contributed by atoms with Gasteiger partial charge in [0.2, 0.25) is 0 Å². The van der Waals surface area contributed by atoms with Gasteiger partial charge >= 0.3 is 0 Å². The van der Waals surface area contributed by atoms with Gasteiger partial charge in [0.25, 0.3) is 0 Å². The molecule has 1 aromatic carbocycles. The minimum Gasteiger partial charge on any atom is -0.294 e. The van der Waals surface area contributed by atoms with Crippen LogP contribution < -0.4 is 0 Å². The highest BCUT2D eigenvalue weighted by molar-refractivity contribution is 6.30. The molecule has 4 aliphatic rings. The fourth-order valence-electron chi connectivity index (χ4n) is 5.89. The lowest BCUT2D eigenvalue weighted by atomic mass is 9.43. The van der Waals surface area contributed by atoms with E-state index >= 15 is 0 Å². The molecule has 4 aliphatic carbocycles. The third-order valence-corrected chi connectivity index (χ3v) is 6.19. The molecule has 1 aromatic rings. The Balaban J connectivity index is 1.70. The van der Waals surface area contributed by atoms with Crippen LogP contribution in [0.15, 0.2) is 24.3 Å². The molecule has 4 fully saturated rings. The van der Waals surface area contributed by atoms with Gasteiger partial charge in [-0.1, -0.05) is 18.5 Å². The highest BCUT2D eigenvalue weighted by Gasteiger charge is 2.58. The third kappa shape index (κ3) is 1.86. The first-order chi connectivity index (χ1) is 9.48. The first-order valence-electron chi connectivity index (χ1n) is 7.79. The molecule has 4 saturated carbocycles. The summed E-state index contributed by atoms with van der Waals surface area (Å²) in [5.74, 6) is 1.96. The van der Waals surface area contributed by atoms with E-state index in [2.05, 4.69) is 6.92 Å². The summed E-state index contributed by atoms with van der Waals surface area (Å²) in [6.45, 7) is 2.41. The normalized spacial score (nSPS) is 41.9. The highest BCUT2D eigenvalue weighted by atomic mass is 35.5. The van der Waals surface area contributed by atoms with E-state index in [1.165, 1.54) is 19.3 Å². The van der Waals surface area contributed by atoms with E-state index in [9.17, 15) is 4.79 Å². The summed E-state index contributed by atoms with van der Waals surface area (Å²) < 4.78 is 0. The first-order valence-corrected chi connectivity index (χ1v) is 8.16. The summed E-state index contributed by atoms with van der Waals surface area (Å²) >= 11 is 5.95. The second-order valence-corrected chi connectivity index (χ2v) is 8.32. The Hall–Kier alpha value is -0.820. The zero-order valence-electron chi connectivity index (χ0n) is 12.0. The monoisotopic (exact) mass is 288 g/mol. The lowest BCUT2D eigenvalue weighted by molar-refractivity contribution is -0.0820. The average Bonchev–Trinajstić information content (AvgIpc) is 2.36. The maximum absolute atomic E-state index is 13.1. The van der Waals surface area contributed by atoms with Crippen molar-refractivity contribution in [3.8, 4) is 0 Å². The Labute approximate surface area is 125 Å². The molecule has 2 unspecified atom stereocenters. The van der Waals surface area contributed by atoms with Crippen LogP contribution in [0.1, 0.15) is 55.8 Å². The fraction of sp³-hybridized carbons (Fsp3) is 0.611. The Morgan fingerprint density at radius 2 is 1.70 bits per heavy atom. The van der Waals surface area contributed by atoms with E-state index in [0.717, 1.165) is 36.7 Å². The Morgan fingerprint density at radius 3 is 2.25 bits per heavy atom. The van der Waals surface area contributed by atoms with Crippen LogP contribution in [0.5, 0.6) is 0 Å². The smallest absolute Gasteiger partial charge is 0.169 e. The molecule has 5 rings (SSSR count). The van der Waals surface area contributed by atoms with Crippen LogP contribution in [0.3, 0.4) is 0 Å². The van der Waals surface area contributed by atoms with Crippen molar-refractivity contribution in [1.82, 2.24) is 0 Å². The second-order valence-electron chi connectivity index (χ2n) is 7.89. The maximum Gasteiger partial charge on any atom is 0.169 e. The summed E-state index contributed by atoms with van der Waals surface area (Å²) in [6, 6.07) is 7.51. The zero-order valence-corrected chi connectivity index (χ0v) is 12.7. The average molecular weight is 289 g/mol. The quantitative estimate of drug-likeness (QED) is 0.690. The number of hydrogen-bond donors (Lipinski definition) is 0. The topological polar surface area (TPSA) is 17.1 Å². The van der Waals surface area contributed by atoms with Crippen LogP contribution in [0, 0.1) is 22.7 Å². The van der Waals surface area contributed by atoms with Gasteiger partial charge in [-0.2, -0.15) is 0 Å². The molecule has 0 amide bonds. The van der Waals surface area contributed by atoms with Crippen molar-refractivity contribution < 1.29 is 4.79 Å². The zero-order chi connectivity index (χ0) is 14.0. The number of rotatable bonds is 2. The fourth-order valence-corrected chi connectivity index (χ4v) is 6.02. The lowest BCUT2D eigenvalue weighted by Gasteiger charge is -2.60. The van der Waals surface area contributed by atoms with Crippen LogP contribution in [0.25, 0.3) is 0 Å². The molecule has 2 atom stereocenters. The van der Waals surface area contributed by atoms with E-state index in [1.807, 2.05) is 24.3 Å². The predicted molar refractivity (Wildman–Crippen MR) is 81.0 cm³/mol. The van der Waals surface area contributed by atoms with Gasteiger partial charge in [-0.25, -0.2) is 0 Å². The van der Waals surface area contributed by atoms with Crippen LogP contribution in [-0.4, -0.2) is 5.78 Å². The number of ketones is 1. The molecule has 0 heterocycles. The van der Waals surface area contributed by atoms with Gasteiger partial charge in [-0.05, 0) is 80.0 Å². The van der Waals surface area contributed by atoms with E-state index < -0.39 is 0 Å². The van der Waals surface area contributed by atoms with Crippen molar-refractivity contribution >= 4 is 17.4 Å². The summed E-state index contributed by atoms with van der Waals surface area (Å²) in [7, 11) is 0. The van der Waals surface area contributed by atoms with Crippen molar-refractivity contribution in [2.75, 3.05) is 0 Å². The molecule has 2 heteroatoms. The Bertz CT molecular complexity index is 545. The summed E-state index contributed by atoms with van der Waals surface area (Å²) in [5.41, 5.74) is 1.22. The van der Waals surface area contributed by atoms with Gasteiger partial charge in [0.15, 0.2) is 5.78 Å². The summed E-state index contributed by atoms with van der Waals surface area (Å²) in [4.78, 5) is 13.1. The van der Waals surface area contributed by atoms with Crippen LogP contribution in [0.4, 0.5) is 0 Å². The van der Waals surface area contributed by atoms with E-state index in [-0.39, 0.29) is 5.41 Å². The maximum atomic E-state index is 13.1. The van der Waals surface area contributed by atoms with Crippen molar-refractivity contribution in [3.63, 3.8) is 0 Å². The molecule has 0 spiro atoms. The summed E-state index contributed by atoms with van der Waals surface area (Å²) in [6.07, 6.45) is 7.42. The predicted octanol–water partition coefficient (Wildman–Crippen LogP) is 5.13. The third-order valence-electron chi connectivity index (χ3n) is 5.94. The van der Waals surface area contributed by atoms with E-state index in [4.69, 9.17) is 11.6 Å². The molecular weight excluding hydrogens is 268 g/mol. The molecule has 0 aliphatic heterocycles. The molecule has 0 saturated heterocycles. The van der Waals surface area contributed by atoms with Crippen molar-refractivity contribution in [3.05, 3.63) is 34.9 Å². The minimum atomic E-state index is -0.0628. The van der Waals surface area contributed by atoms with Gasteiger partial charge in [0.1, 0.15) is 0 Å². The Kier molecular flexibility index (Phi) is 2.64. The number of hydrogen-bond acceptors (Lipinski definition) is 1. The molecule has 0 aromatic heterocycles.